The summed E-state index contributed by atoms with van der Waals surface area (Å²) in [5.74, 6) is 1.17. The highest BCUT2D eigenvalue weighted by atomic mass is 28.4. The SMILES string of the molecule is CC(C)(C)[Si](C)(C)Oc1ccc(OB(O)O)cc1. The highest BCUT2D eigenvalue weighted by molar-refractivity contribution is 6.74. The van der Waals surface area contributed by atoms with Crippen molar-refractivity contribution in [3.8, 4) is 11.5 Å². The molecule has 0 aliphatic rings. The second kappa shape index (κ2) is 5.34. The fourth-order valence-electron chi connectivity index (χ4n) is 1.16. The molecule has 1 rings (SSSR count). The average Bonchev–Trinajstić information content (AvgIpc) is 2.18. The molecule has 1 aromatic carbocycles. The van der Waals surface area contributed by atoms with E-state index in [1.807, 2.05) is 0 Å². The first-order chi connectivity index (χ1) is 8.12. The molecule has 0 atom stereocenters. The molecule has 100 valence electrons. The highest BCUT2D eigenvalue weighted by Crippen LogP contribution is 2.37. The van der Waals surface area contributed by atoms with Gasteiger partial charge in [0.2, 0.25) is 8.32 Å². The van der Waals surface area contributed by atoms with Crippen molar-refractivity contribution < 1.29 is 19.1 Å². The van der Waals surface area contributed by atoms with Gasteiger partial charge in [-0.1, -0.05) is 20.8 Å². The fraction of sp³-hybridized carbons (Fsp3) is 0.500. The minimum Gasteiger partial charge on any atom is -0.543 e. The molecule has 6 heteroatoms. The van der Waals surface area contributed by atoms with Crippen LogP contribution in [0.4, 0.5) is 0 Å². The molecule has 18 heavy (non-hydrogen) atoms. The van der Waals surface area contributed by atoms with Crippen LogP contribution in [0.15, 0.2) is 24.3 Å². The van der Waals surface area contributed by atoms with E-state index in [9.17, 15) is 0 Å². The van der Waals surface area contributed by atoms with Crippen LogP contribution in [0.3, 0.4) is 0 Å². The topological polar surface area (TPSA) is 58.9 Å². The summed E-state index contributed by atoms with van der Waals surface area (Å²) >= 11 is 0. The Morgan fingerprint density at radius 2 is 1.44 bits per heavy atom. The van der Waals surface area contributed by atoms with E-state index < -0.39 is 15.6 Å². The molecule has 0 aliphatic heterocycles. The van der Waals surface area contributed by atoms with Gasteiger partial charge in [-0.05, 0) is 42.4 Å². The molecule has 0 saturated heterocycles. The normalized spacial score (nSPS) is 12.2. The summed E-state index contributed by atoms with van der Waals surface area (Å²) in [4.78, 5) is 0. The second-order valence-electron chi connectivity index (χ2n) is 5.78. The standard InChI is InChI=1S/C12H21BO4Si/c1-12(2,3)18(4,5)17-11-8-6-10(7-9-11)16-13(14)15/h6-9,14-15H,1-5H3. The summed E-state index contributed by atoms with van der Waals surface area (Å²) in [5, 5.41) is 17.5. The Labute approximate surface area is 110 Å². The zero-order valence-corrected chi connectivity index (χ0v) is 12.6. The van der Waals surface area contributed by atoms with Gasteiger partial charge in [0.05, 0.1) is 0 Å². The quantitative estimate of drug-likeness (QED) is 0.823. The van der Waals surface area contributed by atoms with Crippen molar-refractivity contribution in [2.24, 2.45) is 0 Å². The molecule has 0 spiro atoms. The van der Waals surface area contributed by atoms with Gasteiger partial charge in [-0.2, -0.15) is 0 Å². The predicted molar refractivity (Wildman–Crippen MR) is 75.1 cm³/mol. The molecule has 0 amide bonds. The van der Waals surface area contributed by atoms with Gasteiger partial charge < -0.3 is 19.1 Å². The summed E-state index contributed by atoms with van der Waals surface area (Å²) in [6.07, 6.45) is 0. The van der Waals surface area contributed by atoms with Gasteiger partial charge >= 0.3 is 7.32 Å². The van der Waals surface area contributed by atoms with Gasteiger partial charge in [-0.15, -0.1) is 0 Å². The minimum atomic E-state index is -1.83. The zero-order chi connectivity index (χ0) is 14.0. The van der Waals surface area contributed by atoms with Crippen LogP contribution in [-0.2, 0) is 0 Å². The van der Waals surface area contributed by atoms with Crippen LogP contribution in [0.5, 0.6) is 11.5 Å². The van der Waals surface area contributed by atoms with Crippen LogP contribution < -0.4 is 9.08 Å². The van der Waals surface area contributed by atoms with Gasteiger partial charge in [0.25, 0.3) is 0 Å². The third-order valence-electron chi connectivity index (χ3n) is 3.24. The number of hydrogen-bond acceptors (Lipinski definition) is 4. The Kier molecular flexibility index (Phi) is 4.47. The van der Waals surface area contributed by atoms with Crippen molar-refractivity contribution in [1.82, 2.24) is 0 Å². The molecule has 0 bridgehead atoms. The molecule has 1 aromatic rings. The summed E-state index contributed by atoms with van der Waals surface area (Å²) in [7, 11) is -3.63. The lowest BCUT2D eigenvalue weighted by atomic mass is 10.2. The van der Waals surface area contributed by atoms with E-state index in [1.54, 1.807) is 24.3 Å². The number of hydrogen-bond donors (Lipinski definition) is 2. The van der Waals surface area contributed by atoms with Gasteiger partial charge in [0, 0.05) is 0 Å². The molecular formula is C12H21BO4Si. The summed E-state index contributed by atoms with van der Waals surface area (Å²) in [6.45, 7) is 10.9. The molecular weight excluding hydrogens is 247 g/mol. The van der Waals surface area contributed by atoms with Crippen molar-refractivity contribution in [1.29, 1.82) is 0 Å². The number of benzene rings is 1. The Bertz CT molecular complexity index is 384. The van der Waals surface area contributed by atoms with Crippen LogP contribution in [0.25, 0.3) is 0 Å². The van der Waals surface area contributed by atoms with Crippen molar-refractivity contribution >= 4 is 15.6 Å². The maximum absolute atomic E-state index is 8.68. The molecule has 4 nitrogen and oxygen atoms in total. The molecule has 0 saturated carbocycles. The summed E-state index contributed by atoms with van der Waals surface area (Å²) in [6, 6.07) is 6.86. The lowest BCUT2D eigenvalue weighted by Crippen LogP contribution is -2.43. The van der Waals surface area contributed by atoms with E-state index in [0.717, 1.165) is 5.75 Å². The van der Waals surface area contributed by atoms with E-state index in [1.165, 1.54) is 0 Å². The summed E-state index contributed by atoms with van der Waals surface area (Å²) < 4.78 is 10.8. The first kappa shape index (κ1) is 15.1. The van der Waals surface area contributed by atoms with E-state index >= 15 is 0 Å². The first-order valence-corrected chi connectivity index (χ1v) is 8.84. The zero-order valence-electron chi connectivity index (χ0n) is 11.6. The molecule has 0 unspecified atom stereocenters. The van der Waals surface area contributed by atoms with E-state index in [0.29, 0.717) is 5.75 Å². The third kappa shape index (κ3) is 4.04. The van der Waals surface area contributed by atoms with E-state index in [4.69, 9.17) is 19.1 Å². The van der Waals surface area contributed by atoms with Crippen LogP contribution in [-0.4, -0.2) is 25.7 Å². The lowest BCUT2D eigenvalue weighted by Gasteiger charge is -2.36. The fourth-order valence-corrected chi connectivity index (χ4v) is 2.19. The molecule has 0 aliphatic carbocycles. The van der Waals surface area contributed by atoms with Gasteiger partial charge in [-0.3, -0.25) is 0 Å². The Hall–Kier alpha value is -0.978. The Morgan fingerprint density at radius 1 is 1.00 bits per heavy atom. The second-order valence-corrected chi connectivity index (χ2v) is 10.5. The maximum Gasteiger partial charge on any atom is 0.707 e. The smallest absolute Gasteiger partial charge is 0.543 e. The van der Waals surface area contributed by atoms with Crippen molar-refractivity contribution in [3.63, 3.8) is 0 Å². The third-order valence-corrected chi connectivity index (χ3v) is 7.60. The molecule has 0 aromatic heterocycles. The van der Waals surface area contributed by atoms with Crippen molar-refractivity contribution in [2.75, 3.05) is 0 Å². The van der Waals surface area contributed by atoms with Crippen LogP contribution in [0, 0.1) is 0 Å². The minimum absolute atomic E-state index is 0.142. The summed E-state index contributed by atoms with van der Waals surface area (Å²) in [5.41, 5.74) is 0. The monoisotopic (exact) mass is 268 g/mol. The highest BCUT2D eigenvalue weighted by Gasteiger charge is 2.38. The molecule has 0 fully saturated rings. The lowest BCUT2D eigenvalue weighted by molar-refractivity contribution is 0.288. The van der Waals surface area contributed by atoms with Gasteiger partial charge in [-0.25, -0.2) is 0 Å². The first-order valence-electron chi connectivity index (χ1n) is 5.94. The molecule has 0 heterocycles. The molecule has 2 N–H and O–H groups in total. The predicted octanol–water partition coefficient (Wildman–Crippen LogP) is 2.42. The van der Waals surface area contributed by atoms with Crippen LogP contribution in [0.2, 0.25) is 18.1 Å². The van der Waals surface area contributed by atoms with E-state index in [-0.39, 0.29) is 5.04 Å². The number of rotatable bonds is 4. The Balaban J connectivity index is 2.75. The largest absolute Gasteiger partial charge is 0.707 e. The van der Waals surface area contributed by atoms with Crippen LogP contribution >= 0.6 is 0 Å². The van der Waals surface area contributed by atoms with E-state index in [2.05, 4.69) is 33.9 Å². The maximum atomic E-state index is 8.68. The molecule has 0 radical (unpaired) electrons. The van der Waals surface area contributed by atoms with Gasteiger partial charge in [0.1, 0.15) is 11.5 Å². The average molecular weight is 268 g/mol. The Morgan fingerprint density at radius 3 is 1.83 bits per heavy atom. The van der Waals surface area contributed by atoms with Gasteiger partial charge in [0.15, 0.2) is 0 Å². The van der Waals surface area contributed by atoms with Crippen molar-refractivity contribution in [3.05, 3.63) is 24.3 Å². The van der Waals surface area contributed by atoms with Crippen molar-refractivity contribution in [2.45, 2.75) is 38.9 Å². The van der Waals surface area contributed by atoms with Crippen LogP contribution in [0.1, 0.15) is 20.8 Å².